The Balaban J connectivity index is 1.75. The Morgan fingerprint density at radius 1 is 1.38 bits per heavy atom. The molecule has 0 aliphatic heterocycles. The van der Waals surface area contributed by atoms with Crippen LogP contribution < -0.4 is 5.32 Å². The maximum atomic E-state index is 5.81. The van der Waals surface area contributed by atoms with E-state index in [1.54, 1.807) is 0 Å². The van der Waals surface area contributed by atoms with Crippen molar-refractivity contribution in [1.29, 1.82) is 0 Å². The number of nitrogens with one attached hydrogen (secondary N) is 1. The van der Waals surface area contributed by atoms with E-state index in [2.05, 4.69) is 47.9 Å². The Labute approximate surface area is 126 Å². The number of fused-ring (bicyclic) bond motifs is 1. The van der Waals surface area contributed by atoms with Crippen LogP contribution in [0.3, 0.4) is 0 Å². The van der Waals surface area contributed by atoms with Crippen molar-refractivity contribution in [1.82, 2.24) is 14.9 Å². The first-order chi connectivity index (χ1) is 10.0. The van der Waals surface area contributed by atoms with E-state index in [4.69, 9.17) is 4.74 Å². The van der Waals surface area contributed by atoms with E-state index in [1.807, 2.05) is 12.3 Å². The van der Waals surface area contributed by atoms with E-state index in [9.17, 15) is 0 Å². The van der Waals surface area contributed by atoms with Crippen LogP contribution in [0.5, 0.6) is 0 Å². The van der Waals surface area contributed by atoms with Crippen LogP contribution in [0.4, 0.5) is 0 Å². The van der Waals surface area contributed by atoms with Gasteiger partial charge < -0.3 is 14.6 Å². The number of hydrogen-bond donors (Lipinski definition) is 1. The van der Waals surface area contributed by atoms with Crippen LogP contribution in [0.2, 0.25) is 0 Å². The van der Waals surface area contributed by atoms with Crippen molar-refractivity contribution in [3.63, 3.8) is 0 Å². The second-order valence-corrected chi connectivity index (χ2v) is 7.05. The van der Waals surface area contributed by atoms with E-state index in [0.717, 1.165) is 24.7 Å². The molecule has 2 heterocycles. The first kappa shape index (κ1) is 14.5. The summed E-state index contributed by atoms with van der Waals surface area (Å²) in [6.07, 6.45) is 6.67. The van der Waals surface area contributed by atoms with E-state index in [-0.39, 0.29) is 5.54 Å². The molecule has 0 atom stereocenters. The summed E-state index contributed by atoms with van der Waals surface area (Å²) in [6, 6.07) is 4.14. The van der Waals surface area contributed by atoms with Crippen LogP contribution in [-0.4, -0.2) is 21.7 Å². The van der Waals surface area contributed by atoms with Crippen LogP contribution in [0.1, 0.15) is 39.2 Å². The van der Waals surface area contributed by atoms with Crippen molar-refractivity contribution in [2.75, 3.05) is 6.61 Å². The minimum Gasteiger partial charge on any atom is -0.360 e. The third kappa shape index (κ3) is 3.83. The minimum absolute atomic E-state index is 0.110. The van der Waals surface area contributed by atoms with Gasteiger partial charge in [0.1, 0.15) is 12.4 Å². The predicted octanol–water partition coefficient (Wildman–Crippen LogP) is 3.31. The quantitative estimate of drug-likeness (QED) is 0.886. The summed E-state index contributed by atoms with van der Waals surface area (Å²) >= 11 is 0. The Bertz CT molecular complexity index is 608. The summed E-state index contributed by atoms with van der Waals surface area (Å²) in [6.45, 7) is 8.87. The molecule has 114 valence electrons. The molecule has 1 saturated carbocycles. The van der Waals surface area contributed by atoms with Gasteiger partial charge in [-0.2, -0.15) is 0 Å². The highest BCUT2D eigenvalue weighted by Crippen LogP contribution is 2.29. The second kappa shape index (κ2) is 5.78. The lowest BCUT2D eigenvalue weighted by Crippen LogP contribution is -2.34. The van der Waals surface area contributed by atoms with E-state index < -0.39 is 0 Å². The van der Waals surface area contributed by atoms with E-state index >= 15 is 0 Å². The van der Waals surface area contributed by atoms with Crippen LogP contribution in [-0.2, 0) is 18.0 Å². The van der Waals surface area contributed by atoms with Gasteiger partial charge in [-0.25, -0.2) is 4.98 Å². The average molecular weight is 287 g/mol. The largest absolute Gasteiger partial charge is 0.360 e. The molecule has 0 radical (unpaired) electrons. The molecular formula is C17H25N3O. The molecule has 0 aromatic carbocycles. The zero-order chi connectivity index (χ0) is 14.9. The summed E-state index contributed by atoms with van der Waals surface area (Å²) in [5, 5.41) is 4.76. The topological polar surface area (TPSA) is 39.1 Å². The Morgan fingerprint density at radius 2 is 2.19 bits per heavy atom. The highest BCUT2D eigenvalue weighted by Gasteiger charge is 2.21. The van der Waals surface area contributed by atoms with Gasteiger partial charge in [-0.15, -0.1) is 0 Å². The lowest BCUT2D eigenvalue weighted by Gasteiger charge is -2.20. The third-order valence-electron chi connectivity index (χ3n) is 3.81. The van der Waals surface area contributed by atoms with Crippen molar-refractivity contribution >= 4 is 11.0 Å². The summed E-state index contributed by atoms with van der Waals surface area (Å²) in [5.41, 5.74) is 2.40. The first-order valence-electron chi connectivity index (χ1n) is 7.78. The van der Waals surface area contributed by atoms with Crippen LogP contribution in [0.25, 0.3) is 11.0 Å². The maximum Gasteiger partial charge on any atom is 0.142 e. The Hall–Kier alpha value is -1.39. The average Bonchev–Trinajstić information content (AvgIpc) is 3.18. The fourth-order valence-electron chi connectivity index (χ4n) is 2.40. The Kier molecular flexibility index (Phi) is 4.00. The van der Waals surface area contributed by atoms with Gasteiger partial charge in [-0.1, -0.05) is 0 Å². The van der Waals surface area contributed by atoms with Crippen molar-refractivity contribution < 1.29 is 4.74 Å². The molecule has 0 spiro atoms. The standard InChI is InChI=1S/C17H25N3O/c1-17(2,3)19-9-14-10-20(12-21-11-13-6-7-13)16-15(14)5-4-8-18-16/h4-5,8,10,13,19H,6-7,9,11-12H2,1-3H3. The molecule has 0 bridgehead atoms. The zero-order valence-corrected chi connectivity index (χ0v) is 13.2. The number of ether oxygens (including phenoxy) is 1. The molecular weight excluding hydrogens is 262 g/mol. The zero-order valence-electron chi connectivity index (χ0n) is 13.2. The smallest absolute Gasteiger partial charge is 0.142 e. The number of rotatable bonds is 6. The number of nitrogens with zero attached hydrogens (tertiary/aromatic N) is 2. The van der Waals surface area contributed by atoms with E-state index in [0.29, 0.717) is 6.73 Å². The van der Waals surface area contributed by atoms with Gasteiger partial charge in [0.2, 0.25) is 0 Å². The van der Waals surface area contributed by atoms with Gasteiger partial charge in [0.05, 0.1) is 6.61 Å². The molecule has 2 aromatic heterocycles. The molecule has 1 aliphatic rings. The lowest BCUT2D eigenvalue weighted by atomic mass is 10.1. The van der Waals surface area contributed by atoms with Crippen molar-refractivity contribution in [2.24, 2.45) is 5.92 Å². The molecule has 4 heteroatoms. The third-order valence-corrected chi connectivity index (χ3v) is 3.81. The van der Waals surface area contributed by atoms with Gasteiger partial charge in [0.25, 0.3) is 0 Å². The summed E-state index contributed by atoms with van der Waals surface area (Å²) in [7, 11) is 0. The minimum atomic E-state index is 0.110. The molecule has 1 N–H and O–H groups in total. The summed E-state index contributed by atoms with van der Waals surface area (Å²) < 4.78 is 7.94. The summed E-state index contributed by atoms with van der Waals surface area (Å²) in [4.78, 5) is 4.51. The number of pyridine rings is 1. The van der Waals surface area contributed by atoms with Gasteiger partial charge >= 0.3 is 0 Å². The molecule has 21 heavy (non-hydrogen) atoms. The van der Waals surface area contributed by atoms with Gasteiger partial charge in [0.15, 0.2) is 0 Å². The van der Waals surface area contributed by atoms with Crippen molar-refractivity contribution in [3.05, 3.63) is 30.1 Å². The molecule has 3 rings (SSSR count). The summed E-state index contributed by atoms with van der Waals surface area (Å²) in [5.74, 6) is 0.793. The molecule has 0 saturated heterocycles. The molecule has 0 unspecified atom stereocenters. The fourth-order valence-corrected chi connectivity index (χ4v) is 2.40. The first-order valence-corrected chi connectivity index (χ1v) is 7.78. The normalized spacial score (nSPS) is 15.8. The van der Waals surface area contributed by atoms with Crippen molar-refractivity contribution in [3.8, 4) is 0 Å². The maximum absolute atomic E-state index is 5.81. The van der Waals surface area contributed by atoms with Gasteiger partial charge in [-0.05, 0) is 57.2 Å². The highest BCUT2D eigenvalue weighted by molar-refractivity contribution is 5.80. The highest BCUT2D eigenvalue weighted by atomic mass is 16.5. The monoisotopic (exact) mass is 287 g/mol. The van der Waals surface area contributed by atoms with Gasteiger partial charge in [-0.3, -0.25) is 0 Å². The predicted molar refractivity (Wildman–Crippen MR) is 85.0 cm³/mol. The molecule has 1 fully saturated rings. The number of hydrogen-bond acceptors (Lipinski definition) is 3. The molecule has 1 aliphatic carbocycles. The molecule has 2 aromatic rings. The van der Waals surface area contributed by atoms with Crippen LogP contribution >= 0.6 is 0 Å². The fraction of sp³-hybridized carbons (Fsp3) is 0.588. The molecule has 4 nitrogen and oxygen atoms in total. The van der Waals surface area contributed by atoms with Crippen LogP contribution in [0, 0.1) is 5.92 Å². The van der Waals surface area contributed by atoms with E-state index in [1.165, 1.54) is 23.8 Å². The van der Waals surface area contributed by atoms with Crippen molar-refractivity contribution in [2.45, 2.75) is 52.4 Å². The van der Waals surface area contributed by atoms with Gasteiger partial charge in [0, 0.05) is 29.9 Å². The lowest BCUT2D eigenvalue weighted by molar-refractivity contribution is 0.0713. The molecule has 0 amide bonds. The number of aromatic nitrogens is 2. The van der Waals surface area contributed by atoms with Crippen LogP contribution in [0.15, 0.2) is 24.5 Å². The Morgan fingerprint density at radius 3 is 2.90 bits per heavy atom. The SMILES string of the molecule is CC(C)(C)NCc1cn(COCC2CC2)c2ncccc12. The second-order valence-electron chi connectivity index (χ2n) is 7.05.